The van der Waals surface area contributed by atoms with Crippen molar-refractivity contribution >= 4 is 23.3 Å². The van der Waals surface area contributed by atoms with Crippen molar-refractivity contribution in [2.75, 3.05) is 0 Å². The number of Topliss-reactive ketones (excluding diaryl/α,β-unsaturated/α-hetero) is 1. The SMILES string of the molecule is N#CC1(NC(=O)c2cc(CC(=O)Cc3cccc(Cl)c3)ccn2)CC1. The maximum absolute atomic E-state index is 12.3. The third kappa shape index (κ3) is 4.43. The molecule has 6 heteroatoms. The Morgan fingerprint density at radius 2 is 1.92 bits per heavy atom. The van der Waals surface area contributed by atoms with Crippen molar-refractivity contribution < 1.29 is 9.59 Å². The summed E-state index contributed by atoms with van der Waals surface area (Å²) in [4.78, 5) is 28.5. The van der Waals surface area contributed by atoms with Crippen LogP contribution < -0.4 is 5.32 Å². The lowest BCUT2D eigenvalue weighted by atomic mass is 10.0. The Hall–Kier alpha value is -2.71. The number of rotatable bonds is 6. The van der Waals surface area contributed by atoms with Crippen LogP contribution in [0.15, 0.2) is 42.6 Å². The minimum Gasteiger partial charge on any atom is -0.332 e. The van der Waals surface area contributed by atoms with Crippen LogP contribution in [0.25, 0.3) is 0 Å². The van der Waals surface area contributed by atoms with E-state index in [1.807, 2.05) is 12.1 Å². The number of amides is 1. The fraction of sp³-hybridized carbons (Fsp3) is 0.263. The van der Waals surface area contributed by atoms with Crippen LogP contribution in [0, 0.1) is 11.3 Å². The summed E-state index contributed by atoms with van der Waals surface area (Å²) in [6.07, 6.45) is 3.31. The van der Waals surface area contributed by atoms with Gasteiger partial charge in [-0.25, -0.2) is 0 Å². The average molecular weight is 354 g/mol. The summed E-state index contributed by atoms with van der Waals surface area (Å²) >= 11 is 5.93. The Kier molecular flexibility index (Phi) is 4.82. The lowest BCUT2D eigenvalue weighted by molar-refractivity contribution is -0.117. The van der Waals surface area contributed by atoms with Crippen molar-refractivity contribution in [2.45, 2.75) is 31.2 Å². The molecule has 1 aliphatic carbocycles. The molecule has 1 aromatic heterocycles. The van der Waals surface area contributed by atoms with Gasteiger partial charge in [0.05, 0.1) is 6.07 Å². The van der Waals surface area contributed by atoms with Crippen molar-refractivity contribution in [2.24, 2.45) is 0 Å². The molecule has 1 fully saturated rings. The highest BCUT2D eigenvalue weighted by Crippen LogP contribution is 2.34. The van der Waals surface area contributed by atoms with E-state index in [1.54, 1.807) is 24.3 Å². The molecule has 0 unspecified atom stereocenters. The number of nitrogens with one attached hydrogen (secondary N) is 1. The number of nitrogens with zero attached hydrogens (tertiary/aromatic N) is 2. The number of nitriles is 1. The highest BCUT2D eigenvalue weighted by Gasteiger charge is 2.44. The van der Waals surface area contributed by atoms with E-state index < -0.39 is 5.54 Å². The summed E-state index contributed by atoms with van der Waals surface area (Å²) in [5, 5.41) is 12.3. The number of hydrogen-bond acceptors (Lipinski definition) is 4. The van der Waals surface area contributed by atoms with E-state index in [4.69, 9.17) is 16.9 Å². The third-order valence-electron chi connectivity index (χ3n) is 4.07. The summed E-state index contributed by atoms with van der Waals surface area (Å²) in [7, 11) is 0. The van der Waals surface area contributed by atoms with Gasteiger partial charge in [-0.05, 0) is 48.2 Å². The summed E-state index contributed by atoms with van der Waals surface area (Å²) in [5.41, 5.74) is 1.05. The number of halogens is 1. The zero-order valence-corrected chi connectivity index (χ0v) is 14.2. The van der Waals surface area contributed by atoms with Crippen molar-refractivity contribution in [3.63, 3.8) is 0 Å². The molecule has 1 saturated carbocycles. The van der Waals surface area contributed by atoms with E-state index in [9.17, 15) is 9.59 Å². The molecule has 3 rings (SSSR count). The minimum atomic E-state index is -0.739. The molecular weight excluding hydrogens is 338 g/mol. The highest BCUT2D eigenvalue weighted by atomic mass is 35.5. The smallest absolute Gasteiger partial charge is 0.271 e. The van der Waals surface area contributed by atoms with Gasteiger partial charge in [0, 0.05) is 24.1 Å². The predicted molar refractivity (Wildman–Crippen MR) is 93.1 cm³/mol. The quantitative estimate of drug-likeness (QED) is 0.865. The number of carbonyl (C=O) groups is 2. The van der Waals surface area contributed by atoms with E-state index in [1.165, 1.54) is 6.20 Å². The first-order valence-corrected chi connectivity index (χ1v) is 8.32. The van der Waals surface area contributed by atoms with Gasteiger partial charge in [-0.15, -0.1) is 0 Å². The normalized spacial score (nSPS) is 14.4. The zero-order chi connectivity index (χ0) is 17.9. The second-order valence-corrected chi connectivity index (χ2v) is 6.66. The molecular formula is C19H16ClN3O2. The molecule has 1 aliphatic rings. The van der Waals surface area contributed by atoms with Crippen LogP contribution in [0.4, 0.5) is 0 Å². The molecule has 1 aromatic carbocycles. The maximum atomic E-state index is 12.3. The number of ketones is 1. The van der Waals surface area contributed by atoms with Crippen LogP contribution in [0.5, 0.6) is 0 Å². The van der Waals surface area contributed by atoms with Crippen LogP contribution in [-0.4, -0.2) is 22.2 Å². The fourth-order valence-electron chi connectivity index (χ4n) is 2.54. The summed E-state index contributed by atoms with van der Waals surface area (Å²) in [5.74, 6) is -0.362. The summed E-state index contributed by atoms with van der Waals surface area (Å²) < 4.78 is 0. The Morgan fingerprint density at radius 3 is 2.56 bits per heavy atom. The number of hydrogen-bond donors (Lipinski definition) is 1. The van der Waals surface area contributed by atoms with E-state index in [0.29, 0.717) is 23.4 Å². The molecule has 5 nitrogen and oxygen atoms in total. The number of aromatic nitrogens is 1. The molecule has 25 heavy (non-hydrogen) atoms. The summed E-state index contributed by atoms with van der Waals surface area (Å²) in [6, 6.07) is 12.6. The molecule has 0 aliphatic heterocycles. The molecule has 0 saturated heterocycles. The van der Waals surface area contributed by atoms with Crippen molar-refractivity contribution in [3.8, 4) is 6.07 Å². The Balaban J connectivity index is 1.64. The Morgan fingerprint density at radius 1 is 1.20 bits per heavy atom. The molecule has 1 amide bonds. The largest absolute Gasteiger partial charge is 0.332 e. The standard InChI is InChI=1S/C19H16ClN3O2/c20-15-3-1-2-13(8-15)9-16(24)10-14-4-7-22-17(11-14)18(25)23-19(12-21)5-6-19/h1-4,7-8,11H,5-6,9-10H2,(H,23,25). The Bertz CT molecular complexity index is 869. The van der Waals surface area contributed by atoms with Crippen LogP contribution in [0.3, 0.4) is 0 Å². The number of benzene rings is 1. The van der Waals surface area contributed by atoms with Gasteiger partial charge in [0.25, 0.3) is 5.91 Å². The molecule has 0 atom stereocenters. The molecule has 1 heterocycles. The summed E-state index contributed by atoms with van der Waals surface area (Å²) in [6.45, 7) is 0. The molecule has 0 spiro atoms. The van der Waals surface area contributed by atoms with Crippen LogP contribution >= 0.6 is 11.6 Å². The van der Waals surface area contributed by atoms with Crippen molar-refractivity contribution in [1.82, 2.24) is 10.3 Å². The second-order valence-electron chi connectivity index (χ2n) is 6.22. The van der Waals surface area contributed by atoms with E-state index in [2.05, 4.69) is 16.4 Å². The van der Waals surface area contributed by atoms with Gasteiger partial charge in [0.15, 0.2) is 0 Å². The van der Waals surface area contributed by atoms with E-state index >= 15 is 0 Å². The first-order chi connectivity index (χ1) is 12.0. The van der Waals surface area contributed by atoms with E-state index in [0.717, 1.165) is 5.56 Å². The lowest BCUT2D eigenvalue weighted by Gasteiger charge is -2.09. The molecule has 126 valence electrons. The monoisotopic (exact) mass is 353 g/mol. The number of carbonyl (C=O) groups excluding carboxylic acids is 2. The molecule has 1 N–H and O–H groups in total. The first kappa shape index (κ1) is 17.1. The van der Waals surface area contributed by atoms with Gasteiger partial charge in [0.2, 0.25) is 0 Å². The van der Waals surface area contributed by atoms with Gasteiger partial charge < -0.3 is 5.32 Å². The van der Waals surface area contributed by atoms with Gasteiger partial charge in [-0.1, -0.05) is 23.7 Å². The van der Waals surface area contributed by atoms with Gasteiger partial charge in [-0.2, -0.15) is 5.26 Å². The zero-order valence-electron chi connectivity index (χ0n) is 13.5. The third-order valence-corrected chi connectivity index (χ3v) is 4.30. The molecule has 0 bridgehead atoms. The number of pyridine rings is 1. The highest BCUT2D eigenvalue weighted by molar-refractivity contribution is 6.30. The second kappa shape index (κ2) is 7.04. The minimum absolute atomic E-state index is 0.0236. The van der Waals surface area contributed by atoms with Crippen molar-refractivity contribution in [3.05, 3.63) is 64.4 Å². The maximum Gasteiger partial charge on any atom is 0.271 e. The topological polar surface area (TPSA) is 82.9 Å². The Labute approximate surface area is 150 Å². The molecule has 0 radical (unpaired) electrons. The first-order valence-electron chi connectivity index (χ1n) is 7.94. The van der Waals surface area contributed by atoms with Gasteiger partial charge >= 0.3 is 0 Å². The van der Waals surface area contributed by atoms with E-state index in [-0.39, 0.29) is 30.2 Å². The van der Waals surface area contributed by atoms with Gasteiger partial charge in [0.1, 0.15) is 17.0 Å². The lowest BCUT2D eigenvalue weighted by Crippen LogP contribution is -2.36. The van der Waals surface area contributed by atoms with Crippen molar-refractivity contribution in [1.29, 1.82) is 5.26 Å². The predicted octanol–water partition coefficient (Wildman–Crippen LogP) is 2.88. The van der Waals surface area contributed by atoms with Crippen LogP contribution in [0.1, 0.15) is 34.5 Å². The average Bonchev–Trinajstić information content (AvgIpc) is 3.35. The van der Waals surface area contributed by atoms with Crippen LogP contribution in [0.2, 0.25) is 5.02 Å². The fourth-order valence-corrected chi connectivity index (χ4v) is 2.76. The molecule has 2 aromatic rings. The van der Waals surface area contributed by atoms with Gasteiger partial charge in [-0.3, -0.25) is 14.6 Å². The van der Waals surface area contributed by atoms with Crippen LogP contribution in [-0.2, 0) is 17.6 Å².